The zero-order valence-corrected chi connectivity index (χ0v) is 15.8. The van der Waals surface area contributed by atoms with Gasteiger partial charge in [-0.1, -0.05) is 18.2 Å². The summed E-state index contributed by atoms with van der Waals surface area (Å²) in [5.41, 5.74) is 3.37. The Labute approximate surface area is 164 Å². The molecule has 0 amide bonds. The average molecular weight is 372 g/mol. The standard InChI is InChI=1S/C22H24N6/c1-2-6-20-19(5-1)25-21(26-20)12-17-4-3-10-28(15-17)22-8-7-18(13-24-22)14-27-11-9-23-16-27/h1-2,5-9,11,13,16-17H,3-4,10,12,14-15H2,(H,25,26). The molecule has 1 fully saturated rings. The maximum Gasteiger partial charge on any atom is 0.128 e. The van der Waals surface area contributed by atoms with Crippen molar-refractivity contribution in [2.45, 2.75) is 25.8 Å². The van der Waals surface area contributed by atoms with Crippen LogP contribution in [-0.4, -0.2) is 37.6 Å². The Morgan fingerprint density at radius 1 is 1.14 bits per heavy atom. The number of benzene rings is 1. The van der Waals surface area contributed by atoms with Crippen molar-refractivity contribution >= 4 is 16.9 Å². The minimum Gasteiger partial charge on any atom is -0.356 e. The maximum absolute atomic E-state index is 4.75. The number of para-hydroxylation sites is 2. The number of rotatable bonds is 5. The lowest BCUT2D eigenvalue weighted by Gasteiger charge is -2.33. The Balaban J connectivity index is 1.24. The molecule has 1 aliphatic heterocycles. The second-order valence-electron chi connectivity index (χ2n) is 7.62. The van der Waals surface area contributed by atoms with Crippen LogP contribution in [0.15, 0.2) is 61.3 Å². The van der Waals surface area contributed by atoms with Crippen LogP contribution in [0.3, 0.4) is 0 Å². The lowest BCUT2D eigenvalue weighted by molar-refractivity contribution is 0.406. The number of pyridine rings is 1. The van der Waals surface area contributed by atoms with Gasteiger partial charge >= 0.3 is 0 Å². The SMILES string of the molecule is c1ccc2[nH]c(CC3CCCN(c4ccc(Cn5ccnc5)cn4)C3)nc2c1. The number of imidazole rings is 2. The molecule has 0 saturated carbocycles. The summed E-state index contributed by atoms with van der Waals surface area (Å²) in [4.78, 5) is 19.5. The second-order valence-corrected chi connectivity index (χ2v) is 7.62. The first kappa shape index (κ1) is 17.0. The normalized spacial score (nSPS) is 17.3. The van der Waals surface area contributed by atoms with Gasteiger partial charge in [0.2, 0.25) is 0 Å². The van der Waals surface area contributed by atoms with Gasteiger partial charge in [0.25, 0.3) is 0 Å². The molecule has 0 bridgehead atoms. The Hall–Kier alpha value is -3.15. The van der Waals surface area contributed by atoms with Gasteiger partial charge in [0.15, 0.2) is 0 Å². The van der Waals surface area contributed by atoms with Crippen LogP contribution in [0, 0.1) is 5.92 Å². The van der Waals surface area contributed by atoms with Crippen LogP contribution in [0.1, 0.15) is 24.2 Å². The summed E-state index contributed by atoms with van der Waals surface area (Å²) < 4.78 is 2.06. The largest absolute Gasteiger partial charge is 0.356 e. The molecule has 5 rings (SSSR count). The molecular formula is C22H24N6. The van der Waals surface area contributed by atoms with Gasteiger partial charge in [-0.3, -0.25) is 0 Å². The van der Waals surface area contributed by atoms with E-state index in [1.54, 1.807) is 6.20 Å². The molecule has 6 heteroatoms. The molecule has 6 nitrogen and oxygen atoms in total. The third-order valence-electron chi connectivity index (χ3n) is 5.50. The first-order valence-electron chi connectivity index (χ1n) is 9.93. The van der Waals surface area contributed by atoms with Gasteiger partial charge < -0.3 is 14.5 Å². The molecule has 28 heavy (non-hydrogen) atoms. The number of nitrogens with one attached hydrogen (secondary N) is 1. The summed E-state index contributed by atoms with van der Waals surface area (Å²) in [6.07, 6.45) is 11.0. The van der Waals surface area contributed by atoms with Gasteiger partial charge in [0.1, 0.15) is 11.6 Å². The minimum atomic E-state index is 0.599. The molecule has 1 N–H and O–H groups in total. The monoisotopic (exact) mass is 372 g/mol. The Morgan fingerprint density at radius 3 is 2.93 bits per heavy atom. The predicted octanol–water partition coefficient (Wildman–Crippen LogP) is 3.66. The number of anilines is 1. The summed E-state index contributed by atoms with van der Waals surface area (Å²) >= 11 is 0. The van der Waals surface area contributed by atoms with E-state index >= 15 is 0 Å². The van der Waals surface area contributed by atoms with Crippen LogP contribution in [0.2, 0.25) is 0 Å². The zero-order valence-electron chi connectivity index (χ0n) is 15.8. The van der Waals surface area contributed by atoms with Crippen molar-refractivity contribution in [2.24, 2.45) is 5.92 Å². The second kappa shape index (κ2) is 7.46. The molecule has 1 aromatic carbocycles. The molecule has 0 spiro atoms. The summed E-state index contributed by atoms with van der Waals surface area (Å²) in [6.45, 7) is 2.91. The minimum absolute atomic E-state index is 0.599. The summed E-state index contributed by atoms with van der Waals surface area (Å²) in [5, 5.41) is 0. The molecule has 1 atom stereocenters. The van der Waals surface area contributed by atoms with E-state index in [4.69, 9.17) is 9.97 Å². The molecule has 4 heterocycles. The predicted molar refractivity (Wildman–Crippen MR) is 110 cm³/mol. The van der Waals surface area contributed by atoms with Crippen molar-refractivity contribution in [3.8, 4) is 0 Å². The van der Waals surface area contributed by atoms with Crippen LogP contribution in [0.25, 0.3) is 11.0 Å². The van der Waals surface area contributed by atoms with Gasteiger partial charge in [-0.2, -0.15) is 0 Å². The molecule has 1 saturated heterocycles. The molecule has 3 aromatic heterocycles. The van der Waals surface area contributed by atoms with Crippen LogP contribution in [-0.2, 0) is 13.0 Å². The van der Waals surface area contributed by atoms with E-state index in [0.29, 0.717) is 5.92 Å². The van der Waals surface area contributed by atoms with Crippen molar-refractivity contribution in [2.75, 3.05) is 18.0 Å². The zero-order chi connectivity index (χ0) is 18.8. The quantitative estimate of drug-likeness (QED) is 0.581. The fourth-order valence-electron chi connectivity index (χ4n) is 4.10. The van der Waals surface area contributed by atoms with E-state index in [1.807, 2.05) is 24.8 Å². The third-order valence-corrected chi connectivity index (χ3v) is 5.50. The Morgan fingerprint density at radius 2 is 2.11 bits per heavy atom. The van der Waals surface area contributed by atoms with Crippen molar-refractivity contribution in [3.63, 3.8) is 0 Å². The number of hydrogen-bond donors (Lipinski definition) is 1. The number of aromatic amines is 1. The van der Waals surface area contributed by atoms with Crippen molar-refractivity contribution in [3.05, 3.63) is 72.7 Å². The first-order chi connectivity index (χ1) is 13.8. The maximum atomic E-state index is 4.75. The number of H-pyrrole nitrogens is 1. The summed E-state index contributed by atoms with van der Waals surface area (Å²) in [6, 6.07) is 12.6. The number of nitrogens with zero attached hydrogens (tertiary/aromatic N) is 5. The number of hydrogen-bond acceptors (Lipinski definition) is 4. The van der Waals surface area contributed by atoms with Crippen molar-refractivity contribution in [1.82, 2.24) is 24.5 Å². The number of piperidine rings is 1. The highest BCUT2D eigenvalue weighted by Crippen LogP contribution is 2.24. The molecule has 142 valence electrons. The molecule has 0 radical (unpaired) electrons. The Kier molecular flexibility index (Phi) is 4.53. The van der Waals surface area contributed by atoms with E-state index in [2.05, 4.69) is 49.8 Å². The highest BCUT2D eigenvalue weighted by molar-refractivity contribution is 5.74. The van der Waals surface area contributed by atoms with Gasteiger partial charge in [-0.15, -0.1) is 0 Å². The van der Waals surface area contributed by atoms with E-state index in [0.717, 1.165) is 48.7 Å². The van der Waals surface area contributed by atoms with Crippen LogP contribution >= 0.6 is 0 Å². The average Bonchev–Trinajstić information content (AvgIpc) is 3.38. The fraction of sp³-hybridized carbons (Fsp3) is 0.318. The van der Waals surface area contributed by atoms with E-state index in [1.165, 1.54) is 18.4 Å². The lowest BCUT2D eigenvalue weighted by atomic mass is 9.94. The van der Waals surface area contributed by atoms with E-state index in [9.17, 15) is 0 Å². The van der Waals surface area contributed by atoms with Crippen LogP contribution in [0.4, 0.5) is 5.82 Å². The fourth-order valence-corrected chi connectivity index (χ4v) is 4.10. The van der Waals surface area contributed by atoms with Crippen LogP contribution in [0.5, 0.6) is 0 Å². The number of aromatic nitrogens is 5. The highest BCUT2D eigenvalue weighted by atomic mass is 15.2. The summed E-state index contributed by atoms with van der Waals surface area (Å²) in [7, 11) is 0. The molecular weight excluding hydrogens is 348 g/mol. The van der Waals surface area contributed by atoms with Gasteiger partial charge in [0.05, 0.1) is 17.4 Å². The molecule has 0 aliphatic carbocycles. The molecule has 1 unspecified atom stereocenters. The van der Waals surface area contributed by atoms with E-state index in [-0.39, 0.29) is 0 Å². The highest BCUT2D eigenvalue weighted by Gasteiger charge is 2.22. The lowest BCUT2D eigenvalue weighted by Crippen LogP contribution is -2.36. The topological polar surface area (TPSA) is 62.6 Å². The summed E-state index contributed by atoms with van der Waals surface area (Å²) in [5.74, 6) is 2.77. The third kappa shape index (κ3) is 3.63. The number of fused-ring (bicyclic) bond motifs is 1. The van der Waals surface area contributed by atoms with Crippen molar-refractivity contribution < 1.29 is 0 Å². The van der Waals surface area contributed by atoms with Crippen LogP contribution < -0.4 is 4.90 Å². The molecule has 4 aromatic rings. The smallest absolute Gasteiger partial charge is 0.128 e. The van der Waals surface area contributed by atoms with Gasteiger partial charge in [-0.25, -0.2) is 15.0 Å². The first-order valence-corrected chi connectivity index (χ1v) is 9.93. The van der Waals surface area contributed by atoms with Crippen molar-refractivity contribution in [1.29, 1.82) is 0 Å². The molecule has 1 aliphatic rings. The van der Waals surface area contributed by atoms with Gasteiger partial charge in [-0.05, 0) is 42.5 Å². The van der Waals surface area contributed by atoms with E-state index < -0.39 is 0 Å². The van der Waals surface area contributed by atoms with Gasteiger partial charge in [0, 0.05) is 44.6 Å². The Bertz CT molecular complexity index is 1000.